The molecule has 0 bridgehead atoms. The third kappa shape index (κ3) is 2.87. The molecule has 1 aromatic heterocycles. The largest absolute Gasteiger partial charge is 0.481 e. The first kappa shape index (κ1) is 14.6. The molecule has 1 heterocycles. The van der Waals surface area contributed by atoms with Crippen molar-refractivity contribution in [1.29, 1.82) is 0 Å². The van der Waals surface area contributed by atoms with E-state index in [2.05, 4.69) is 31.5 Å². The first-order chi connectivity index (χ1) is 9.31. The van der Waals surface area contributed by atoms with E-state index in [4.69, 9.17) is 0 Å². The highest BCUT2D eigenvalue weighted by Gasteiger charge is 2.29. The maximum atomic E-state index is 11.2. The highest BCUT2D eigenvalue weighted by molar-refractivity contribution is 9.10. The van der Waals surface area contributed by atoms with Crippen molar-refractivity contribution in [2.24, 2.45) is 5.41 Å². The summed E-state index contributed by atoms with van der Waals surface area (Å²) in [5.41, 5.74) is 0.965. The van der Waals surface area contributed by atoms with E-state index >= 15 is 0 Å². The molecule has 20 heavy (non-hydrogen) atoms. The molecule has 0 unspecified atom stereocenters. The number of hydrogen-bond acceptors (Lipinski definition) is 4. The number of tetrazole rings is 1. The zero-order valence-electron chi connectivity index (χ0n) is 11.5. The fourth-order valence-electron chi connectivity index (χ4n) is 1.78. The molecule has 0 spiro atoms. The number of aromatic nitrogens is 4. The smallest absolute Gasteiger partial charge is 0.310 e. The summed E-state index contributed by atoms with van der Waals surface area (Å²) < 4.78 is 2.45. The van der Waals surface area contributed by atoms with E-state index in [0.717, 1.165) is 15.6 Å². The monoisotopic (exact) mass is 338 g/mol. The Morgan fingerprint density at radius 3 is 2.80 bits per heavy atom. The SMILES string of the molecule is Cc1ccc(Br)cc1-c1nnnn1CC(C)(C)C(=O)O. The minimum absolute atomic E-state index is 0.205. The first-order valence-electron chi connectivity index (χ1n) is 6.07. The van der Waals surface area contributed by atoms with Crippen molar-refractivity contribution in [2.45, 2.75) is 27.3 Å². The van der Waals surface area contributed by atoms with Gasteiger partial charge in [0, 0.05) is 10.0 Å². The molecule has 0 aliphatic rings. The van der Waals surface area contributed by atoms with Gasteiger partial charge < -0.3 is 5.11 Å². The van der Waals surface area contributed by atoms with Crippen molar-refractivity contribution in [3.63, 3.8) is 0 Å². The number of hydrogen-bond donors (Lipinski definition) is 1. The number of aryl methyl sites for hydroxylation is 1. The second-order valence-electron chi connectivity index (χ2n) is 5.31. The van der Waals surface area contributed by atoms with E-state index in [1.807, 2.05) is 25.1 Å². The Bertz CT molecular complexity index is 652. The van der Waals surface area contributed by atoms with Gasteiger partial charge in [0.15, 0.2) is 5.82 Å². The molecule has 0 atom stereocenters. The van der Waals surface area contributed by atoms with Gasteiger partial charge in [-0.2, -0.15) is 0 Å². The van der Waals surface area contributed by atoms with Gasteiger partial charge in [0.05, 0.1) is 12.0 Å². The molecule has 0 radical (unpaired) electrons. The molecule has 1 N–H and O–H groups in total. The van der Waals surface area contributed by atoms with E-state index < -0.39 is 11.4 Å². The van der Waals surface area contributed by atoms with E-state index in [9.17, 15) is 9.90 Å². The maximum absolute atomic E-state index is 11.2. The Morgan fingerprint density at radius 2 is 2.15 bits per heavy atom. The van der Waals surface area contributed by atoms with Crippen LogP contribution in [0.4, 0.5) is 0 Å². The Labute approximate surface area is 124 Å². The molecule has 2 aromatic rings. The molecule has 0 fully saturated rings. The zero-order chi connectivity index (χ0) is 14.9. The summed E-state index contributed by atoms with van der Waals surface area (Å²) in [4.78, 5) is 11.2. The summed E-state index contributed by atoms with van der Waals surface area (Å²) in [5, 5.41) is 20.8. The lowest BCUT2D eigenvalue weighted by Gasteiger charge is -2.19. The molecular weight excluding hydrogens is 324 g/mol. The van der Waals surface area contributed by atoms with Crippen molar-refractivity contribution in [3.05, 3.63) is 28.2 Å². The second-order valence-corrected chi connectivity index (χ2v) is 6.22. The summed E-state index contributed by atoms with van der Waals surface area (Å²) >= 11 is 3.42. The first-order valence-corrected chi connectivity index (χ1v) is 6.86. The summed E-state index contributed by atoms with van der Waals surface area (Å²) in [7, 11) is 0. The van der Waals surface area contributed by atoms with Gasteiger partial charge in [-0.15, -0.1) is 5.10 Å². The van der Waals surface area contributed by atoms with Gasteiger partial charge in [-0.25, -0.2) is 4.68 Å². The predicted molar refractivity (Wildman–Crippen MR) is 77.1 cm³/mol. The molecule has 106 valence electrons. The minimum atomic E-state index is -0.940. The van der Waals surface area contributed by atoms with Crippen LogP contribution in [0, 0.1) is 12.3 Å². The molecule has 0 amide bonds. The van der Waals surface area contributed by atoms with Gasteiger partial charge in [-0.05, 0) is 48.9 Å². The Morgan fingerprint density at radius 1 is 1.45 bits per heavy atom. The number of carbonyl (C=O) groups is 1. The Balaban J connectivity index is 2.43. The van der Waals surface area contributed by atoms with Crippen LogP contribution in [0.15, 0.2) is 22.7 Å². The van der Waals surface area contributed by atoms with Crippen LogP contribution >= 0.6 is 15.9 Å². The molecule has 6 nitrogen and oxygen atoms in total. The third-order valence-electron chi connectivity index (χ3n) is 3.10. The average Bonchev–Trinajstić information content (AvgIpc) is 2.79. The van der Waals surface area contributed by atoms with Gasteiger partial charge in [0.25, 0.3) is 0 Å². The topological polar surface area (TPSA) is 80.9 Å². The van der Waals surface area contributed by atoms with Crippen LogP contribution in [0.1, 0.15) is 19.4 Å². The lowest BCUT2D eigenvalue weighted by atomic mass is 9.94. The number of carboxylic acid groups (broad SMARTS) is 1. The number of carboxylic acids is 1. The third-order valence-corrected chi connectivity index (χ3v) is 3.59. The standard InChI is InChI=1S/C13H15BrN4O2/c1-8-4-5-9(14)6-10(8)11-15-16-17-18(11)7-13(2,3)12(19)20/h4-6H,7H2,1-3H3,(H,19,20). The van der Waals surface area contributed by atoms with Crippen LogP contribution < -0.4 is 0 Å². The molecule has 0 saturated carbocycles. The lowest BCUT2D eigenvalue weighted by Crippen LogP contribution is -2.30. The minimum Gasteiger partial charge on any atom is -0.481 e. The van der Waals surface area contributed by atoms with Crippen molar-refractivity contribution < 1.29 is 9.90 Å². The lowest BCUT2D eigenvalue weighted by molar-refractivity contribution is -0.147. The number of halogens is 1. The maximum Gasteiger partial charge on any atom is 0.310 e. The fraction of sp³-hybridized carbons (Fsp3) is 0.385. The molecular formula is C13H15BrN4O2. The zero-order valence-corrected chi connectivity index (χ0v) is 13.0. The van der Waals surface area contributed by atoms with Crippen LogP contribution in [0.2, 0.25) is 0 Å². The normalized spacial score (nSPS) is 11.6. The quantitative estimate of drug-likeness (QED) is 0.926. The predicted octanol–water partition coefficient (Wildman–Crippen LogP) is 2.52. The van der Waals surface area contributed by atoms with Crippen molar-refractivity contribution in [2.75, 3.05) is 0 Å². The average molecular weight is 339 g/mol. The van der Waals surface area contributed by atoms with Crippen LogP contribution in [-0.4, -0.2) is 31.3 Å². The van der Waals surface area contributed by atoms with Gasteiger partial charge in [-0.1, -0.05) is 22.0 Å². The summed E-state index contributed by atoms with van der Waals surface area (Å²) in [6.07, 6.45) is 0. The van der Waals surface area contributed by atoms with Crippen LogP contribution in [0.3, 0.4) is 0 Å². The van der Waals surface area contributed by atoms with E-state index in [-0.39, 0.29) is 6.54 Å². The summed E-state index contributed by atoms with van der Waals surface area (Å²) in [6.45, 7) is 5.46. The van der Waals surface area contributed by atoms with Crippen molar-refractivity contribution in [1.82, 2.24) is 20.2 Å². The van der Waals surface area contributed by atoms with Gasteiger partial charge in [-0.3, -0.25) is 4.79 Å². The number of aliphatic carboxylic acids is 1. The number of rotatable bonds is 4. The molecule has 0 saturated heterocycles. The fourth-order valence-corrected chi connectivity index (χ4v) is 2.14. The van der Waals surface area contributed by atoms with Crippen molar-refractivity contribution >= 4 is 21.9 Å². The van der Waals surface area contributed by atoms with Crippen LogP contribution in [0.25, 0.3) is 11.4 Å². The van der Waals surface area contributed by atoms with E-state index in [1.54, 1.807) is 13.8 Å². The van der Waals surface area contributed by atoms with E-state index in [1.165, 1.54) is 4.68 Å². The number of nitrogens with zero attached hydrogens (tertiary/aromatic N) is 4. The number of benzene rings is 1. The van der Waals surface area contributed by atoms with Gasteiger partial charge in [0.1, 0.15) is 0 Å². The van der Waals surface area contributed by atoms with Gasteiger partial charge in [0.2, 0.25) is 0 Å². The molecule has 0 aliphatic heterocycles. The molecule has 1 aromatic carbocycles. The van der Waals surface area contributed by atoms with Crippen LogP contribution in [-0.2, 0) is 11.3 Å². The highest BCUT2D eigenvalue weighted by Crippen LogP contribution is 2.27. The molecule has 7 heteroatoms. The molecule has 0 aliphatic carbocycles. The summed E-state index contributed by atoms with van der Waals surface area (Å²) in [6, 6.07) is 5.82. The van der Waals surface area contributed by atoms with Gasteiger partial charge >= 0.3 is 5.97 Å². The highest BCUT2D eigenvalue weighted by atomic mass is 79.9. The van der Waals surface area contributed by atoms with E-state index in [0.29, 0.717) is 5.82 Å². The Hall–Kier alpha value is -1.76. The van der Waals surface area contributed by atoms with Crippen molar-refractivity contribution in [3.8, 4) is 11.4 Å². The van der Waals surface area contributed by atoms with Crippen LogP contribution in [0.5, 0.6) is 0 Å². The second kappa shape index (κ2) is 5.32. The molecule has 2 rings (SSSR count). The Kier molecular flexibility index (Phi) is 3.89. The summed E-state index contributed by atoms with van der Waals surface area (Å²) in [5.74, 6) is -0.317.